The van der Waals surface area contributed by atoms with Crippen LogP contribution in [0.15, 0.2) is 17.0 Å². The maximum Gasteiger partial charge on any atom is 0.335 e. The van der Waals surface area contributed by atoms with Gasteiger partial charge in [-0.1, -0.05) is 9.59 Å². The molecule has 1 aromatic carbocycles. The number of halogens is 2. The van der Waals surface area contributed by atoms with Crippen LogP contribution in [-0.4, -0.2) is 34.3 Å². The number of hydrogen-bond donors (Lipinski definition) is 2. The smallest absolute Gasteiger partial charge is 0.335 e. The van der Waals surface area contributed by atoms with Crippen molar-refractivity contribution in [1.29, 1.82) is 0 Å². The summed E-state index contributed by atoms with van der Waals surface area (Å²) in [7, 11) is -4.55. The Kier molecular flexibility index (Phi) is 3.59. The highest BCUT2D eigenvalue weighted by atomic mass is 32.2. The van der Waals surface area contributed by atoms with E-state index in [0.717, 1.165) is 0 Å². The van der Waals surface area contributed by atoms with Crippen molar-refractivity contribution in [1.82, 2.24) is 14.8 Å². The van der Waals surface area contributed by atoms with Gasteiger partial charge in [-0.15, -0.1) is 0 Å². The van der Waals surface area contributed by atoms with E-state index in [1.54, 1.807) is 4.72 Å². The molecule has 0 unspecified atom stereocenters. The predicted molar refractivity (Wildman–Crippen MR) is 61.8 cm³/mol. The number of aromatic nitrogens is 3. The Morgan fingerprint density at radius 2 is 2.05 bits per heavy atom. The second-order valence-corrected chi connectivity index (χ2v) is 5.73. The van der Waals surface area contributed by atoms with Crippen molar-refractivity contribution < 1.29 is 27.1 Å². The van der Waals surface area contributed by atoms with E-state index in [2.05, 4.69) is 14.8 Å². The number of rotatable bonds is 4. The van der Waals surface area contributed by atoms with Crippen LogP contribution in [-0.2, 0) is 10.0 Å². The van der Waals surface area contributed by atoms with Crippen LogP contribution in [0.25, 0.3) is 0 Å². The molecule has 0 atom stereocenters. The Labute approximate surface area is 114 Å². The van der Waals surface area contributed by atoms with Gasteiger partial charge in [0, 0.05) is 11.5 Å². The van der Waals surface area contributed by atoms with Crippen LogP contribution in [0, 0.1) is 11.6 Å². The summed E-state index contributed by atoms with van der Waals surface area (Å²) in [6.45, 7) is 0. The molecule has 106 valence electrons. The lowest BCUT2D eigenvalue weighted by molar-refractivity contribution is 0.0696. The van der Waals surface area contributed by atoms with Gasteiger partial charge in [-0.05, 0) is 17.3 Å². The maximum atomic E-state index is 13.5. The minimum Gasteiger partial charge on any atom is -0.478 e. The molecule has 1 heterocycles. The van der Waals surface area contributed by atoms with Gasteiger partial charge >= 0.3 is 5.97 Å². The van der Waals surface area contributed by atoms with E-state index in [0.29, 0.717) is 23.7 Å². The van der Waals surface area contributed by atoms with E-state index >= 15 is 0 Å². The summed E-state index contributed by atoms with van der Waals surface area (Å²) in [5, 5.41) is 14.8. The van der Waals surface area contributed by atoms with Crippen LogP contribution in [0.5, 0.6) is 0 Å². The molecule has 2 aromatic rings. The molecule has 0 amide bonds. The third-order valence-corrected chi connectivity index (χ3v) is 4.03. The molecule has 2 rings (SSSR count). The Bertz CT molecular complexity index is 763. The lowest BCUT2D eigenvalue weighted by atomic mass is 10.2. The van der Waals surface area contributed by atoms with E-state index in [1.165, 1.54) is 0 Å². The van der Waals surface area contributed by atoms with E-state index in [4.69, 9.17) is 5.11 Å². The number of nitrogens with one attached hydrogen (secondary N) is 1. The van der Waals surface area contributed by atoms with Gasteiger partial charge in [-0.25, -0.2) is 22.0 Å². The largest absolute Gasteiger partial charge is 0.478 e. The second kappa shape index (κ2) is 5.05. The fraction of sp³-hybridized carbons (Fsp3) is 0. The Morgan fingerprint density at radius 3 is 2.60 bits per heavy atom. The van der Waals surface area contributed by atoms with Gasteiger partial charge in [-0.3, -0.25) is 4.72 Å². The van der Waals surface area contributed by atoms with Crippen molar-refractivity contribution in [3.63, 3.8) is 0 Å². The maximum absolute atomic E-state index is 13.5. The first-order chi connectivity index (χ1) is 9.31. The molecule has 0 aliphatic heterocycles. The minimum absolute atomic E-state index is 0.273. The molecule has 0 aliphatic rings. The molecule has 2 N–H and O–H groups in total. The van der Waals surface area contributed by atoms with Gasteiger partial charge in [-0.2, -0.15) is 0 Å². The quantitative estimate of drug-likeness (QED) is 0.850. The van der Waals surface area contributed by atoms with Gasteiger partial charge in [0.1, 0.15) is 4.90 Å². The number of hydrogen-bond acceptors (Lipinski definition) is 7. The number of nitrogens with zero attached hydrogens (tertiary/aromatic N) is 3. The molecule has 0 bridgehead atoms. The van der Waals surface area contributed by atoms with E-state index in [9.17, 15) is 22.0 Å². The van der Waals surface area contributed by atoms with Gasteiger partial charge in [0.2, 0.25) is 5.13 Å². The number of aromatic carboxylic acids is 1. The van der Waals surface area contributed by atoms with Crippen LogP contribution in [0.1, 0.15) is 10.4 Å². The first kappa shape index (κ1) is 14.2. The minimum atomic E-state index is -4.55. The molecular weight excluding hydrogens is 318 g/mol. The van der Waals surface area contributed by atoms with Crippen LogP contribution in [0.2, 0.25) is 0 Å². The summed E-state index contributed by atoms with van der Waals surface area (Å²) in [6, 6.07) is 0.876. The fourth-order valence-electron chi connectivity index (χ4n) is 1.23. The molecule has 12 heteroatoms. The van der Waals surface area contributed by atoms with Crippen molar-refractivity contribution >= 4 is 32.7 Å². The highest BCUT2D eigenvalue weighted by molar-refractivity contribution is 7.93. The zero-order chi connectivity index (χ0) is 14.9. The number of carboxylic acids is 1. The molecule has 20 heavy (non-hydrogen) atoms. The molecule has 0 spiro atoms. The van der Waals surface area contributed by atoms with Crippen LogP contribution in [0.4, 0.5) is 13.9 Å². The lowest BCUT2D eigenvalue weighted by Gasteiger charge is -2.07. The predicted octanol–water partition coefficient (Wildman–Crippen LogP) is 0.710. The number of benzene rings is 1. The molecule has 0 fully saturated rings. The van der Waals surface area contributed by atoms with E-state index in [-0.39, 0.29) is 5.13 Å². The van der Waals surface area contributed by atoms with Crippen molar-refractivity contribution in [3.8, 4) is 0 Å². The summed E-state index contributed by atoms with van der Waals surface area (Å²) in [6.07, 6.45) is 0. The zero-order valence-electron chi connectivity index (χ0n) is 9.24. The third-order valence-electron chi connectivity index (χ3n) is 2.05. The van der Waals surface area contributed by atoms with E-state index < -0.39 is 38.1 Å². The topological polar surface area (TPSA) is 122 Å². The lowest BCUT2D eigenvalue weighted by Crippen LogP contribution is -2.16. The van der Waals surface area contributed by atoms with Crippen molar-refractivity contribution in [2.45, 2.75) is 4.90 Å². The standard InChI is InChI=1S/C8H4F2N4O4S2/c9-4-1-3(7(15)16)2-5(6(4)10)20(17,18)12-8-11-13-14-19-8/h1-2H,(H,15,16)(H,11,12,14). The second-order valence-electron chi connectivity index (χ2n) is 3.35. The Hall–Kier alpha value is -2.21. The first-order valence-corrected chi connectivity index (χ1v) is 6.97. The molecule has 0 saturated carbocycles. The monoisotopic (exact) mass is 322 g/mol. The molecule has 0 saturated heterocycles. The Morgan fingerprint density at radius 1 is 1.35 bits per heavy atom. The first-order valence-electron chi connectivity index (χ1n) is 4.71. The summed E-state index contributed by atoms with van der Waals surface area (Å²) >= 11 is 0.570. The normalized spacial score (nSPS) is 11.3. The zero-order valence-corrected chi connectivity index (χ0v) is 10.9. The summed E-state index contributed by atoms with van der Waals surface area (Å²) in [5.41, 5.74) is -0.709. The average Bonchev–Trinajstić information content (AvgIpc) is 2.83. The fourth-order valence-corrected chi connectivity index (χ4v) is 2.92. The molecular formula is C8H4F2N4O4S2. The highest BCUT2D eigenvalue weighted by Gasteiger charge is 2.25. The third kappa shape index (κ3) is 2.70. The van der Waals surface area contributed by atoms with Gasteiger partial charge in [0.15, 0.2) is 11.6 Å². The number of anilines is 1. The average molecular weight is 322 g/mol. The van der Waals surface area contributed by atoms with Crippen LogP contribution >= 0.6 is 11.5 Å². The molecule has 0 aliphatic carbocycles. The SMILES string of the molecule is O=C(O)c1cc(F)c(F)c(S(=O)(=O)Nc2nnns2)c1. The summed E-state index contributed by atoms with van der Waals surface area (Å²) < 4.78 is 55.6. The number of carboxylic acid groups (broad SMARTS) is 1. The van der Waals surface area contributed by atoms with Gasteiger partial charge < -0.3 is 5.11 Å². The van der Waals surface area contributed by atoms with Crippen LogP contribution in [0.3, 0.4) is 0 Å². The molecule has 0 radical (unpaired) electrons. The Balaban J connectivity index is 2.53. The van der Waals surface area contributed by atoms with Crippen molar-refractivity contribution in [2.24, 2.45) is 0 Å². The number of sulfonamides is 1. The highest BCUT2D eigenvalue weighted by Crippen LogP contribution is 2.22. The molecule has 8 nitrogen and oxygen atoms in total. The van der Waals surface area contributed by atoms with Crippen molar-refractivity contribution in [3.05, 3.63) is 29.3 Å². The van der Waals surface area contributed by atoms with Gasteiger partial charge in [0.05, 0.1) is 5.56 Å². The van der Waals surface area contributed by atoms with Crippen molar-refractivity contribution in [2.75, 3.05) is 4.72 Å². The number of carbonyl (C=O) groups is 1. The summed E-state index contributed by atoms with van der Waals surface area (Å²) in [4.78, 5) is 9.58. The van der Waals surface area contributed by atoms with Gasteiger partial charge in [0.25, 0.3) is 10.0 Å². The molecule has 1 aromatic heterocycles. The van der Waals surface area contributed by atoms with E-state index in [1.807, 2.05) is 0 Å². The van der Waals surface area contributed by atoms with Crippen LogP contribution < -0.4 is 4.72 Å². The summed E-state index contributed by atoms with van der Waals surface area (Å²) in [5.74, 6) is -4.89.